The third-order valence-corrected chi connectivity index (χ3v) is 7.06. The fraction of sp³-hybridized carbons (Fsp3) is 0.500. The van der Waals surface area contributed by atoms with Crippen LogP contribution in [0, 0.1) is 0 Å². The number of piperidine rings is 1. The lowest BCUT2D eigenvalue weighted by atomic mass is 9.74. The molecule has 0 atom stereocenters. The van der Waals surface area contributed by atoms with Gasteiger partial charge in [-0.05, 0) is 37.6 Å². The number of sulfonamides is 1. The third-order valence-electron chi connectivity index (χ3n) is 5.64. The standard InChI is InChI=1S/C18H25N5O2S/c1-22-13-15(12-20-22)26(24,25)21-8-11-23-9-6-18(7-10-23)14-19-17-5-3-2-4-16(17)18/h2-5,12-13,19,21H,6-11,14H2,1H3. The smallest absolute Gasteiger partial charge is 0.243 e. The van der Waals surface area contributed by atoms with Crippen molar-refractivity contribution in [1.29, 1.82) is 0 Å². The number of hydrogen-bond donors (Lipinski definition) is 2. The van der Waals surface area contributed by atoms with E-state index in [4.69, 9.17) is 0 Å². The van der Waals surface area contributed by atoms with E-state index in [1.54, 1.807) is 7.05 Å². The van der Waals surface area contributed by atoms with E-state index in [0.717, 1.165) is 39.0 Å². The van der Waals surface area contributed by atoms with Gasteiger partial charge in [0.2, 0.25) is 10.0 Å². The Balaban J connectivity index is 1.30. The molecule has 1 saturated heterocycles. The summed E-state index contributed by atoms with van der Waals surface area (Å²) in [6.07, 6.45) is 5.09. The lowest BCUT2D eigenvalue weighted by Crippen LogP contribution is -2.46. The lowest BCUT2D eigenvalue weighted by molar-refractivity contribution is 0.171. The van der Waals surface area contributed by atoms with Crippen LogP contribution in [0.3, 0.4) is 0 Å². The molecule has 2 aromatic rings. The van der Waals surface area contributed by atoms with E-state index in [9.17, 15) is 8.42 Å². The largest absolute Gasteiger partial charge is 0.384 e. The number of aryl methyl sites for hydroxylation is 1. The number of nitrogens with zero attached hydrogens (tertiary/aromatic N) is 3. The molecule has 1 aromatic carbocycles. The van der Waals surface area contributed by atoms with Crippen LogP contribution in [-0.2, 0) is 22.5 Å². The number of para-hydroxylation sites is 1. The molecular formula is C18H25N5O2S. The quantitative estimate of drug-likeness (QED) is 0.820. The Morgan fingerprint density at radius 1 is 1.27 bits per heavy atom. The Morgan fingerprint density at radius 2 is 2.04 bits per heavy atom. The van der Waals surface area contributed by atoms with Gasteiger partial charge in [0, 0.05) is 44.0 Å². The molecule has 2 aliphatic rings. The summed E-state index contributed by atoms with van der Waals surface area (Å²) in [5, 5.41) is 7.46. The minimum absolute atomic E-state index is 0.214. The number of hydrogen-bond acceptors (Lipinski definition) is 5. The molecule has 0 bridgehead atoms. The van der Waals surface area contributed by atoms with Gasteiger partial charge in [-0.15, -0.1) is 0 Å². The predicted octanol–water partition coefficient (Wildman–Crippen LogP) is 1.16. The van der Waals surface area contributed by atoms with Crippen LogP contribution in [0.5, 0.6) is 0 Å². The first kappa shape index (κ1) is 17.5. The number of benzene rings is 1. The first-order chi connectivity index (χ1) is 12.5. The number of rotatable bonds is 5. The van der Waals surface area contributed by atoms with Gasteiger partial charge in [0.25, 0.3) is 0 Å². The van der Waals surface area contributed by atoms with Crippen molar-refractivity contribution in [2.75, 3.05) is 38.0 Å². The molecule has 2 N–H and O–H groups in total. The second kappa shape index (κ2) is 6.68. The van der Waals surface area contributed by atoms with Crippen LogP contribution in [0.2, 0.25) is 0 Å². The number of likely N-dealkylation sites (tertiary alicyclic amines) is 1. The molecule has 0 unspecified atom stereocenters. The summed E-state index contributed by atoms with van der Waals surface area (Å²) in [6, 6.07) is 8.60. The SMILES string of the molecule is Cn1cc(S(=O)(=O)NCCN2CCC3(CC2)CNc2ccccc23)cn1. The minimum atomic E-state index is -3.47. The van der Waals surface area contributed by atoms with Crippen molar-refractivity contribution >= 4 is 15.7 Å². The van der Waals surface area contributed by atoms with Crippen LogP contribution in [0.1, 0.15) is 18.4 Å². The number of aromatic nitrogens is 2. The molecule has 0 aliphatic carbocycles. The van der Waals surface area contributed by atoms with Gasteiger partial charge in [0.1, 0.15) is 4.90 Å². The van der Waals surface area contributed by atoms with Crippen LogP contribution in [0.25, 0.3) is 0 Å². The van der Waals surface area contributed by atoms with Crippen LogP contribution < -0.4 is 10.0 Å². The van der Waals surface area contributed by atoms with Crippen molar-refractivity contribution < 1.29 is 8.42 Å². The highest BCUT2D eigenvalue weighted by Gasteiger charge is 2.40. The van der Waals surface area contributed by atoms with Gasteiger partial charge in [-0.1, -0.05) is 18.2 Å². The van der Waals surface area contributed by atoms with Gasteiger partial charge in [0.15, 0.2) is 0 Å². The fourth-order valence-electron chi connectivity index (χ4n) is 4.07. The summed E-state index contributed by atoms with van der Waals surface area (Å²) < 4.78 is 28.6. The van der Waals surface area contributed by atoms with E-state index >= 15 is 0 Å². The van der Waals surface area contributed by atoms with Crippen molar-refractivity contribution in [2.24, 2.45) is 7.05 Å². The average Bonchev–Trinajstić information content (AvgIpc) is 3.23. The third kappa shape index (κ3) is 3.24. The summed E-state index contributed by atoms with van der Waals surface area (Å²) in [4.78, 5) is 2.56. The molecule has 0 amide bonds. The van der Waals surface area contributed by atoms with E-state index in [0.29, 0.717) is 6.54 Å². The van der Waals surface area contributed by atoms with Crippen LogP contribution in [0.4, 0.5) is 5.69 Å². The number of anilines is 1. The topological polar surface area (TPSA) is 79.3 Å². The van der Waals surface area contributed by atoms with E-state index in [1.807, 2.05) is 0 Å². The maximum atomic E-state index is 12.2. The number of nitrogens with one attached hydrogen (secondary N) is 2. The van der Waals surface area contributed by atoms with Crippen molar-refractivity contribution in [3.05, 3.63) is 42.2 Å². The van der Waals surface area contributed by atoms with Crippen molar-refractivity contribution in [1.82, 2.24) is 19.4 Å². The first-order valence-electron chi connectivity index (χ1n) is 9.03. The van der Waals surface area contributed by atoms with Crippen LogP contribution in [-0.4, -0.2) is 55.8 Å². The molecule has 8 heteroatoms. The second-order valence-corrected chi connectivity index (χ2v) is 9.04. The van der Waals surface area contributed by atoms with Gasteiger partial charge >= 0.3 is 0 Å². The van der Waals surface area contributed by atoms with Gasteiger partial charge < -0.3 is 10.2 Å². The van der Waals surface area contributed by atoms with E-state index in [-0.39, 0.29) is 10.3 Å². The van der Waals surface area contributed by atoms with Gasteiger partial charge in [-0.3, -0.25) is 4.68 Å². The molecule has 26 heavy (non-hydrogen) atoms. The lowest BCUT2D eigenvalue weighted by Gasteiger charge is -2.39. The summed E-state index contributed by atoms with van der Waals surface area (Å²) in [7, 11) is -1.77. The Labute approximate surface area is 154 Å². The monoisotopic (exact) mass is 375 g/mol. The molecule has 1 spiro atoms. The van der Waals surface area contributed by atoms with Gasteiger partial charge in [-0.2, -0.15) is 5.10 Å². The number of fused-ring (bicyclic) bond motifs is 2. The summed E-state index contributed by atoms with van der Waals surface area (Å²) in [6.45, 7) is 4.13. The Hall–Kier alpha value is -1.90. The molecule has 2 aliphatic heterocycles. The highest BCUT2D eigenvalue weighted by atomic mass is 32.2. The molecule has 0 saturated carbocycles. The fourth-order valence-corrected chi connectivity index (χ4v) is 5.07. The van der Waals surface area contributed by atoms with Crippen LogP contribution >= 0.6 is 0 Å². The maximum Gasteiger partial charge on any atom is 0.243 e. The van der Waals surface area contributed by atoms with Gasteiger partial charge in [-0.25, -0.2) is 13.1 Å². The summed E-state index contributed by atoms with van der Waals surface area (Å²) in [5.41, 5.74) is 2.95. The maximum absolute atomic E-state index is 12.2. The zero-order valence-electron chi connectivity index (χ0n) is 15.0. The molecule has 1 aromatic heterocycles. The van der Waals surface area contributed by atoms with Crippen LogP contribution in [0.15, 0.2) is 41.6 Å². The molecule has 4 rings (SSSR count). The molecule has 3 heterocycles. The predicted molar refractivity (Wildman–Crippen MR) is 101 cm³/mol. The summed E-state index contributed by atoms with van der Waals surface area (Å²) in [5.74, 6) is 0. The Bertz CT molecular complexity index is 884. The van der Waals surface area contributed by atoms with Crippen molar-refractivity contribution in [3.63, 3.8) is 0 Å². The molecular weight excluding hydrogens is 350 g/mol. The zero-order valence-corrected chi connectivity index (χ0v) is 15.8. The highest BCUT2D eigenvalue weighted by molar-refractivity contribution is 7.89. The zero-order chi connectivity index (χ0) is 18.2. The van der Waals surface area contributed by atoms with Gasteiger partial charge in [0.05, 0.1) is 6.20 Å². The molecule has 1 fully saturated rings. The highest BCUT2D eigenvalue weighted by Crippen LogP contribution is 2.43. The molecule has 0 radical (unpaired) electrons. The second-order valence-electron chi connectivity index (χ2n) is 7.27. The first-order valence-corrected chi connectivity index (χ1v) is 10.5. The summed E-state index contributed by atoms with van der Waals surface area (Å²) >= 11 is 0. The van der Waals surface area contributed by atoms with E-state index < -0.39 is 10.0 Å². The Kier molecular flexibility index (Phi) is 4.50. The molecule has 140 valence electrons. The van der Waals surface area contributed by atoms with E-state index in [2.05, 4.69) is 44.3 Å². The normalized spacial score (nSPS) is 19.4. The van der Waals surface area contributed by atoms with Crippen molar-refractivity contribution in [2.45, 2.75) is 23.2 Å². The van der Waals surface area contributed by atoms with E-state index in [1.165, 1.54) is 28.3 Å². The molecule has 7 nitrogen and oxygen atoms in total. The Morgan fingerprint density at radius 3 is 2.77 bits per heavy atom. The van der Waals surface area contributed by atoms with Crippen molar-refractivity contribution in [3.8, 4) is 0 Å². The average molecular weight is 375 g/mol. The minimum Gasteiger partial charge on any atom is -0.384 e.